The molecular weight excluding hydrogens is 250 g/mol. The number of rotatable bonds is 4. The van der Waals surface area contributed by atoms with Gasteiger partial charge in [0.2, 0.25) is 10.0 Å². The molecule has 0 fully saturated rings. The minimum atomic E-state index is -3.48. The maximum Gasteiger partial charge on any atom is 0.241 e. The van der Waals surface area contributed by atoms with E-state index in [1.165, 1.54) is 12.5 Å². The van der Waals surface area contributed by atoms with E-state index in [1.54, 1.807) is 19.1 Å². The van der Waals surface area contributed by atoms with Crippen molar-refractivity contribution in [3.8, 4) is 0 Å². The minimum absolute atomic E-state index is 0.228. The standard InChI is InChI=1S/C13H15NO3S/c1-10-3-4-11(2)13(7-10)18(15,16)14-8-12-5-6-17-9-12/h3-7,9,14H,8H2,1-2H3. The molecule has 1 N–H and O–H groups in total. The highest BCUT2D eigenvalue weighted by molar-refractivity contribution is 7.89. The Morgan fingerprint density at radius 1 is 1.22 bits per heavy atom. The fraction of sp³-hybridized carbons (Fsp3) is 0.231. The van der Waals surface area contributed by atoms with E-state index in [0.29, 0.717) is 4.90 Å². The average Bonchev–Trinajstić information content (AvgIpc) is 2.83. The summed E-state index contributed by atoms with van der Waals surface area (Å²) in [5.74, 6) is 0. The summed E-state index contributed by atoms with van der Waals surface area (Å²) < 4.78 is 31.8. The molecule has 0 radical (unpaired) electrons. The van der Waals surface area contributed by atoms with Crippen molar-refractivity contribution in [2.45, 2.75) is 25.3 Å². The highest BCUT2D eigenvalue weighted by Crippen LogP contribution is 2.16. The zero-order chi connectivity index (χ0) is 13.2. The molecule has 96 valence electrons. The van der Waals surface area contributed by atoms with Crippen molar-refractivity contribution < 1.29 is 12.8 Å². The van der Waals surface area contributed by atoms with Gasteiger partial charge in [-0.2, -0.15) is 0 Å². The van der Waals surface area contributed by atoms with Crippen LogP contribution < -0.4 is 4.72 Å². The third-order valence-corrected chi connectivity index (χ3v) is 4.22. The van der Waals surface area contributed by atoms with Crippen LogP contribution in [0.4, 0.5) is 0 Å². The Kier molecular flexibility index (Phi) is 3.54. The van der Waals surface area contributed by atoms with Gasteiger partial charge in [0.1, 0.15) is 0 Å². The fourth-order valence-electron chi connectivity index (χ4n) is 1.65. The first-order valence-electron chi connectivity index (χ1n) is 5.57. The molecule has 0 bridgehead atoms. The molecule has 0 saturated heterocycles. The number of nitrogens with one attached hydrogen (secondary N) is 1. The van der Waals surface area contributed by atoms with Crippen LogP contribution >= 0.6 is 0 Å². The SMILES string of the molecule is Cc1ccc(C)c(S(=O)(=O)NCc2ccoc2)c1. The molecule has 0 unspecified atom stereocenters. The number of furan rings is 1. The first-order chi connectivity index (χ1) is 8.49. The van der Waals surface area contributed by atoms with Gasteiger partial charge in [0, 0.05) is 12.1 Å². The lowest BCUT2D eigenvalue weighted by molar-refractivity contribution is 0.561. The van der Waals surface area contributed by atoms with Crippen molar-refractivity contribution in [2.24, 2.45) is 0 Å². The van der Waals surface area contributed by atoms with Crippen molar-refractivity contribution in [3.05, 3.63) is 53.5 Å². The molecule has 5 heteroatoms. The number of hydrogen-bond donors (Lipinski definition) is 1. The van der Waals surface area contributed by atoms with Gasteiger partial charge in [-0.3, -0.25) is 0 Å². The van der Waals surface area contributed by atoms with E-state index in [1.807, 2.05) is 19.1 Å². The molecule has 0 atom stereocenters. The van der Waals surface area contributed by atoms with Crippen LogP contribution in [0.15, 0.2) is 46.1 Å². The number of sulfonamides is 1. The molecule has 2 aromatic rings. The molecule has 18 heavy (non-hydrogen) atoms. The van der Waals surface area contributed by atoms with Crippen LogP contribution in [-0.2, 0) is 16.6 Å². The summed E-state index contributed by atoms with van der Waals surface area (Å²) in [6.45, 7) is 3.88. The summed E-state index contributed by atoms with van der Waals surface area (Å²) in [4.78, 5) is 0.325. The zero-order valence-electron chi connectivity index (χ0n) is 10.3. The molecule has 2 rings (SSSR count). The van der Waals surface area contributed by atoms with E-state index in [4.69, 9.17) is 4.42 Å². The largest absolute Gasteiger partial charge is 0.472 e. The molecule has 1 aromatic carbocycles. The second-order valence-electron chi connectivity index (χ2n) is 4.23. The molecule has 0 saturated carbocycles. The monoisotopic (exact) mass is 265 g/mol. The summed E-state index contributed by atoms with van der Waals surface area (Å²) in [6, 6.07) is 7.10. The van der Waals surface area contributed by atoms with Crippen molar-refractivity contribution in [1.29, 1.82) is 0 Å². The predicted octanol–water partition coefficient (Wildman–Crippen LogP) is 2.37. The Hall–Kier alpha value is -1.59. The smallest absolute Gasteiger partial charge is 0.241 e. The van der Waals surface area contributed by atoms with Crippen LogP contribution in [0, 0.1) is 13.8 Å². The van der Waals surface area contributed by atoms with Crippen LogP contribution in [0.2, 0.25) is 0 Å². The van der Waals surface area contributed by atoms with Gasteiger partial charge >= 0.3 is 0 Å². The lowest BCUT2D eigenvalue weighted by Crippen LogP contribution is -2.23. The van der Waals surface area contributed by atoms with Gasteiger partial charge in [-0.1, -0.05) is 12.1 Å². The Balaban J connectivity index is 2.22. The maximum absolute atomic E-state index is 12.2. The predicted molar refractivity (Wildman–Crippen MR) is 68.6 cm³/mol. The lowest BCUT2D eigenvalue weighted by Gasteiger charge is -2.09. The second-order valence-corrected chi connectivity index (χ2v) is 5.96. The summed E-state index contributed by atoms with van der Waals surface area (Å²) in [5.41, 5.74) is 2.45. The quantitative estimate of drug-likeness (QED) is 0.923. The van der Waals surface area contributed by atoms with Gasteiger partial charge in [-0.15, -0.1) is 0 Å². The third kappa shape index (κ3) is 2.80. The van der Waals surface area contributed by atoms with E-state index in [9.17, 15) is 8.42 Å². The highest BCUT2D eigenvalue weighted by Gasteiger charge is 2.16. The number of hydrogen-bond acceptors (Lipinski definition) is 3. The van der Waals surface area contributed by atoms with Crippen molar-refractivity contribution in [2.75, 3.05) is 0 Å². The zero-order valence-corrected chi connectivity index (χ0v) is 11.1. The lowest BCUT2D eigenvalue weighted by atomic mass is 10.2. The van der Waals surface area contributed by atoms with Gasteiger partial charge < -0.3 is 4.42 Å². The topological polar surface area (TPSA) is 59.3 Å². The van der Waals surface area contributed by atoms with Crippen LogP contribution in [0.3, 0.4) is 0 Å². The maximum atomic E-state index is 12.2. The molecule has 0 aliphatic carbocycles. The fourth-order valence-corrected chi connectivity index (χ4v) is 2.99. The summed E-state index contributed by atoms with van der Waals surface area (Å²) >= 11 is 0. The summed E-state index contributed by atoms with van der Waals surface area (Å²) in [5, 5.41) is 0. The van der Waals surface area contributed by atoms with Crippen molar-refractivity contribution in [3.63, 3.8) is 0 Å². The van der Waals surface area contributed by atoms with E-state index >= 15 is 0 Å². The molecule has 1 heterocycles. The first-order valence-corrected chi connectivity index (χ1v) is 7.05. The van der Waals surface area contributed by atoms with Gasteiger partial charge in [-0.05, 0) is 37.1 Å². The van der Waals surface area contributed by atoms with E-state index < -0.39 is 10.0 Å². The van der Waals surface area contributed by atoms with E-state index in [0.717, 1.165) is 16.7 Å². The van der Waals surface area contributed by atoms with Gasteiger partial charge in [0.15, 0.2) is 0 Å². The number of aryl methyl sites for hydroxylation is 2. The summed E-state index contributed by atoms with van der Waals surface area (Å²) in [7, 11) is -3.48. The van der Waals surface area contributed by atoms with Crippen molar-refractivity contribution >= 4 is 10.0 Å². The minimum Gasteiger partial charge on any atom is -0.472 e. The molecule has 0 spiro atoms. The molecule has 4 nitrogen and oxygen atoms in total. The third-order valence-electron chi connectivity index (χ3n) is 2.68. The van der Waals surface area contributed by atoms with Gasteiger partial charge in [0.05, 0.1) is 17.4 Å². The van der Waals surface area contributed by atoms with Crippen molar-refractivity contribution in [1.82, 2.24) is 4.72 Å². The Labute approximate surface area is 107 Å². The van der Waals surface area contributed by atoms with E-state index in [2.05, 4.69) is 4.72 Å². The average molecular weight is 265 g/mol. The summed E-state index contributed by atoms with van der Waals surface area (Å²) in [6.07, 6.45) is 3.03. The Bertz CT molecular complexity index is 630. The van der Waals surface area contributed by atoms with Gasteiger partial charge in [0.25, 0.3) is 0 Å². The Morgan fingerprint density at radius 3 is 2.67 bits per heavy atom. The van der Waals surface area contributed by atoms with Crippen LogP contribution in [0.25, 0.3) is 0 Å². The highest BCUT2D eigenvalue weighted by atomic mass is 32.2. The molecule has 1 aromatic heterocycles. The second kappa shape index (κ2) is 4.96. The van der Waals surface area contributed by atoms with Crippen LogP contribution in [0.1, 0.15) is 16.7 Å². The van der Waals surface area contributed by atoms with Gasteiger partial charge in [-0.25, -0.2) is 13.1 Å². The first kappa shape index (κ1) is 12.9. The van der Waals surface area contributed by atoms with Crippen LogP contribution in [0.5, 0.6) is 0 Å². The molecular formula is C13H15NO3S. The molecule has 0 aliphatic heterocycles. The Morgan fingerprint density at radius 2 is 2.00 bits per heavy atom. The molecule has 0 aliphatic rings. The number of benzene rings is 1. The van der Waals surface area contributed by atoms with E-state index in [-0.39, 0.29) is 6.54 Å². The van der Waals surface area contributed by atoms with Crippen LogP contribution in [-0.4, -0.2) is 8.42 Å². The molecule has 0 amide bonds. The normalized spacial score (nSPS) is 11.7.